The van der Waals surface area contributed by atoms with Crippen LogP contribution in [0, 0.1) is 10.1 Å². The van der Waals surface area contributed by atoms with Gasteiger partial charge in [-0.1, -0.05) is 34.5 Å². The van der Waals surface area contributed by atoms with Crippen molar-refractivity contribution in [3.8, 4) is 5.75 Å². The number of hydrogen-bond donors (Lipinski definition) is 1. The summed E-state index contributed by atoms with van der Waals surface area (Å²) in [4.78, 5) is 10.4. The molecule has 2 rings (SSSR count). The molecule has 2 aromatic rings. The van der Waals surface area contributed by atoms with Gasteiger partial charge in [0, 0.05) is 18.7 Å². The first kappa shape index (κ1) is 15.7. The number of nitro benzene ring substituents is 1. The molecule has 1 heterocycles. The maximum Gasteiger partial charge on any atom is 0.312 e. The molecule has 0 radical (unpaired) electrons. The van der Waals surface area contributed by atoms with Crippen LogP contribution in [0.5, 0.6) is 5.75 Å². The van der Waals surface area contributed by atoms with Crippen LogP contribution in [-0.4, -0.2) is 21.7 Å². The lowest BCUT2D eigenvalue weighted by molar-refractivity contribution is -0.385. The van der Waals surface area contributed by atoms with Gasteiger partial charge in [0.25, 0.3) is 0 Å². The molecule has 0 aliphatic heterocycles. The average molecular weight is 349 g/mol. The summed E-state index contributed by atoms with van der Waals surface area (Å²) in [6.45, 7) is 2.73. The molecule has 1 aromatic carbocycles. The maximum atomic E-state index is 11.0. The lowest BCUT2D eigenvalue weighted by Gasteiger charge is -2.06. The Balaban J connectivity index is 2.15. The van der Waals surface area contributed by atoms with Crippen molar-refractivity contribution < 1.29 is 9.66 Å². The summed E-state index contributed by atoms with van der Waals surface area (Å²) in [5, 5.41) is 23.3. The fourth-order valence-electron chi connectivity index (χ4n) is 1.45. The number of nitrogens with zero attached hydrogens (tertiary/aromatic N) is 3. The summed E-state index contributed by atoms with van der Waals surface area (Å²) in [5.74, 6) is 0.0367. The molecule has 21 heavy (non-hydrogen) atoms. The number of benzene rings is 1. The molecule has 0 unspecified atom stereocenters. The number of aromatic nitrogens is 2. The molecule has 0 aliphatic rings. The van der Waals surface area contributed by atoms with Crippen LogP contribution in [0.1, 0.15) is 11.9 Å². The van der Waals surface area contributed by atoms with Gasteiger partial charge in [0.05, 0.1) is 15.0 Å². The molecule has 0 spiro atoms. The molecular weight excluding hydrogens is 339 g/mol. The Kier molecular flexibility index (Phi) is 5.16. The summed E-state index contributed by atoms with van der Waals surface area (Å²) in [6, 6.07) is 2.47. The van der Waals surface area contributed by atoms with E-state index in [2.05, 4.69) is 15.5 Å². The van der Waals surface area contributed by atoms with E-state index in [1.54, 1.807) is 0 Å². The quantitative estimate of drug-likeness (QED) is 0.631. The molecule has 0 atom stereocenters. The zero-order valence-corrected chi connectivity index (χ0v) is 13.1. The van der Waals surface area contributed by atoms with Gasteiger partial charge in [0.2, 0.25) is 5.13 Å². The van der Waals surface area contributed by atoms with E-state index < -0.39 is 4.92 Å². The summed E-state index contributed by atoms with van der Waals surface area (Å²) in [7, 11) is 0. The van der Waals surface area contributed by atoms with E-state index in [4.69, 9.17) is 27.9 Å². The second kappa shape index (κ2) is 6.88. The predicted octanol–water partition coefficient (Wildman–Crippen LogP) is 3.76. The van der Waals surface area contributed by atoms with Gasteiger partial charge in [-0.2, -0.15) is 0 Å². The van der Waals surface area contributed by atoms with Crippen molar-refractivity contribution in [2.45, 2.75) is 13.5 Å². The zero-order chi connectivity index (χ0) is 15.4. The molecule has 1 N–H and O–H groups in total. The van der Waals surface area contributed by atoms with Crippen LogP contribution < -0.4 is 10.1 Å². The normalized spacial score (nSPS) is 10.4. The van der Waals surface area contributed by atoms with Crippen LogP contribution in [0.2, 0.25) is 10.0 Å². The van der Waals surface area contributed by atoms with Crippen LogP contribution >= 0.6 is 34.5 Å². The number of nitro groups is 1. The average Bonchev–Trinajstić information content (AvgIpc) is 2.87. The van der Waals surface area contributed by atoms with Crippen molar-refractivity contribution in [2.75, 3.05) is 11.9 Å². The monoisotopic (exact) mass is 348 g/mol. The third kappa shape index (κ3) is 3.93. The van der Waals surface area contributed by atoms with Crippen LogP contribution in [-0.2, 0) is 6.61 Å². The van der Waals surface area contributed by atoms with E-state index in [0.717, 1.165) is 12.6 Å². The smallest absolute Gasteiger partial charge is 0.312 e. The van der Waals surface area contributed by atoms with Crippen molar-refractivity contribution in [3.63, 3.8) is 0 Å². The summed E-state index contributed by atoms with van der Waals surface area (Å²) in [6.07, 6.45) is 0. The Bertz CT molecular complexity index is 665. The van der Waals surface area contributed by atoms with Gasteiger partial charge in [-0.3, -0.25) is 10.1 Å². The minimum absolute atomic E-state index is 0.0367. The molecule has 1 aromatic heterocycles. The minimum Gasteiger partial charge on any atom is -0.479 e. The second-order valence-corrected chi connectivity index (χ2v) is 5.69. The van der Waals surface area contributed by atoms with Gasteiger partial charge in [0.1, 0.15) is 6.61 Å². The van der Waals surface area contributed by atoms with Gasteiger partial charge < -0.3 is 10.1 Å². The first-order valence-electron chi connectivity index (χ1n) is 5.83. The number of nitrogens with one attached hydrogen (secondary N) is 1. The molecule has 7 nitrogen and oxygen atoms in total. The van der Waals surface area contributed by atoms with Crippen LogP contribution in [0.15, 0.2) is 12.1 Å². The number of halogens is 2. The van der Waals surface area contributed by atoms with Crippen molar-refractivity contribution in [2.24, 2.45) is 0 Å². The van der Waals surface area contributed by atoms with Crippen LogP contribution in [0.25, 0.3) is 0 Å². The van der Waals surface area contributed by atoms with E-state index in [1.807, 2.05) is 6.92 Å². The molecule has 0 saturated carbocycles. The Morgan fingerprint density at radius 2 is 2.10 bits per heavy atom. The first-order chi connectivity index (χ1) is 10.0. The van der Waals surface area contributed by atoms with Gasteiger partial charge in [-0.25, -0.2) is 0 Å². The van der Waals surface area contributed by atoms with Gasteiger partial charge in [-0.05, 0) is 6.92 Å². The third-order valence-corrected chi connectivity index (χ3v) is 3.92. The number of ether oxygens (including phenoxy) is 1. The van der Waals surface area contributed by atoms with Crippen molar-refractivity contribution in [3.05, 3.63) is 37.3 Å². The highest BCUT2D eigenvalue weighted by molar-refractivity contribution is 7.15. The Hall–Kier alpha value is -1.64. The standard InChI is InChI=1S/C11H10Cl2N4O3S/c1-2-14-11-16-15-10(21-11)5-20-9-4-7(13)6(12)3-8(9)17(18)19/h3-4H,2,5H2,1H3,(H,14,16). The maximum absolute atomic E-state index is 11.0. The first-order valence-corrected chi connectivity index (χ1v) is 7.41. The lowest BCUT2D eigenvalue weighted by Crippen LogP contribution is -1.99. The lowest BCUT2D eigenvalue weighted by atomic mass is 10.3. The molecule has 0 saturated heterocycles. The highest BCUT2D eigenvalue weighted by Crippen LogP contribution is 2.36. The topological polar surface area (TPSA) is 90.2 Å². The zero-order valence-electron chi connectivity index (χ0n) is 10.8. The summed E-state index contributed by atoms with van der Waals surface area (Å²) in [5.41, 5.74) is -0.249. The van der Waals surface area contributed by atoms with Crippen LogP contribution in [0.3, 0.4) is 0 Å². The summed E-state index contributed by atoms with van der Waals surface area (Å²) >= 11 is 12.9. The Labute approximate surface area is 134 Å². The van der Waals surface area contributed by atoms with E-state index in [1.165, 1.54) is 17.4 Å². The molecule has 0 amide bonds. The minimum atomic E-state index is -0.582. The van der Waals surface area contributed by atoms with Crippen molar-refractivity contribution in [1.82, 2.24) is 10.2 Å². The van der Waals surface area contributed by atoms with Gasteiger partial charge in [-0.15, -0.1) is 10.2 Å². The molecule has 0 fully saturated rings. The van der Waals surface area contributed by atoms with Crippen LogP contribution in [0.4, 0.5) is 10.8 Å². The largest absolute Gasteiger partial charge is 0.479 e. The SMILES string of the molecule is CCNc1nnc(COc2cc(Cl)c(Cl)cc2[N+](=O)[O-])s1. The Morgan fingerprint density at radius 3 is 2.76 bits per heavy atom. The molecule has 10 heteroatoms. The van der Waals surface area contributed by atoms with Gasteiger partial charge >= 0.3 is 5.69 Å². The second-order valence-electron chi connectivity index (χ2n) is 3.81. The fraction of sp³-hybridized carbons (Fsp3) is 0.273. The molecule has 112 valence electrons. The molecular formula is C11H10Cl2N4O3S. The highest BCUT2D eigenvalue weighted by Gasteiger charge is 2.19. The summed E-state index contributed by atoms with van der Waals surface area (Å²) < 4.78 is 5.41. The third-order valence-electron chi connectivity index (χ3n) is 2.34. The number of hydrogen-bond acceptors (Lipinski definition) is 7. The predicted molar refractivity (Wildman–Crippen MR) is 81.5 cm³/mol. The number of rotatable bonds is 6. The Morgan fingerprint density at radius 1 is 1.38 bits per heavy atom. The van der Waals surface area contributed by atoms with Crippen molar-refractivity contribution >= 4 is 45.4 Å². The molecule has 0 aliphatic carbocycles. The number of anilines is 1. The molecule has 0 bridgehead atoms. The fourth-order valence-corrected chi connectivity index (χ4v) is 2.48. The van der Waals surface area contributed by atoms with E-state index in [0.29, 0.717) is 10.1 Å². The van der Waals surface area contributed by atoms with E-state index in [9.17, 15) is 10.1 Å². The van der Waals surface area contributed by atoms with E-state index in [-0.39, 0.29) is 28.1 Å². The van der Waals surface area contributed by atoms with Crippen molar-refractivity contribution in [1.29, 1.82) is 0 Å². The van der Waals surface area contributed by atoms with Gasteiger partial charge in [0.15, 0.2) is 10.8 Å². The highest BCUT2D eigenvalue weighted by atomic mass is 35.5. The van der Waals surface area contributed by atoms with E-state index >= 15 is 0 Å².